The van der Waals surface area contributed by atoms with Crippen LogP contribution in [0, 0.1) is 0 Å². The molecule has 0 saturated heterocycles. The quantitative estimate of drug-likeness (QED) is 0.373. The summed E-state index contributed by atoms with van der Waals surface area (Å²) in [7, 11) is -0.728. The number of anilines is 1. The van der Waals surface area contributed by atoms with E-state index in [1.807, 2.05) is 24.4 Å². The molecule has 4 rings (SSSR count). The molecule has 0 spiro atoms. The minimum Gasteiger partial charge on any atom is -0.306 e. The first-order valence-electron chi connectivity index (χ1n) is 10.8. The Balaban J connectivity index is 1.70. The molecule has 0 aliphatic heterocycles. The van der Waals surface area contributed by atoms with Crippen LogP contribution in [0.2, 0.25) is 0 Å². The molecular formula is C23H24N6O4S2. The second kappa shape index (κ2) is 9.94. The third kappa shape index (κ3) is 5.24. The van der Waals surface area contributed by atoms with Crippen molar-refractivity contribution in [3.05, 3.63) is 75.5 Å². The van der Waals surface area contributed by atoms with Gasteiger partial charge >= 0.3 is 0 Å². The third-order valence-corrected chi connectivity index (χ3v) is 7.83. The molecule has 12 heteroatoms. The van der Waals surface area contributed by atoms with Gasteiger partial charge in [-0.15, -0.1) is 11.3 Å². The zero-order valence-electron chi connectivity index (χ0n) is 19.3. The van der Waals surface area contributed by atoms with Crippen molar-refractivity contribution in [2.24, 2.45) is 0 Å². The number of aryl methyl sites for hydroxylation is 1. The lowest BCUT2D eigenvalue weighted by Gasteiger charge is -2.12. The van der Waals surface area contributed by atoms with Crippen LogP contribution in [0.1, 0.15) is 29.4 Å². The van der Waals surface area contributed by atoms with Crippen LogP contribution in [0.5, 0.6) is 0 Å². The number of aromatic nitrogens is 4. The van der Waals surface area contributed by atoms with Gasteiger partial charge in [0.25, 0.3) is 11.5 Å². The van der Waals surface area contributed by atoms with Crippen LogP contribution < -0.4 is 10.9 Å². The van der Waals surface area contributed by atoms with Crippen molar-refractivity contribution >= 4 is 33.1 Å². The molecule has 4 aromatic rings. The molecule has 3 heterocycles. The maximum absolute atomic E-state index is 13.0. The van der Waals surface area contributed by atoms with E-state index in [0.717, 1.165) is 15.6 Å². The Labute approximate surface area is 206 Å². The number of sulfonamides is 1. The first-order valence-corrected chi connectivity index (χ1v) is 13.1. The number of aromatic amines is 1. The van der Waals surface area contributed by atoms with Crippen molar-refractivity contribution in [1.82, 2.24) is 24.1 Å². The van der Waals surface area contributed by atoms with E-state index >= 15 is 0 Å². The zero-order valence-corrected chi connectivity index (χ0v) is 21.0. The number of rotatable bonds is 8. The summed E-state index contributed by atoms with van der Waals surface area (Å²) in [5.41, 5.74) is 1.16. The van der Waals surface area contributed by atoms with E-state index in [-0.39, 0.29) is 22.0 Å². The molecule has 0 atom stereocenters. The molecule has 0 aliphatic carbocycles. The molecule has 0 bridgehead atoms. The summed E-state index contributed by atoms with van der Waals surface area (Å²) in [4.78, 5) is 33.4. The molecule has 10 nitrogen and oxygen atoms in total. The fourth-order valence-electron chi connectivity index (χ4n) is 3.33. The number of nitrogens with zero attached hydrogens (tertiary/aromatic N) is 4. The number of amides is 1. The van der Waals surface area contributed by atoms with Crippen molar-refractivity contribution < 1.29 is 13.2 Å². The van der Waals surface area contributed by atoms with Crippen molar-refractivity contribution in [3.63, 3.8) is 0 Å². The predicted molar refractivity (Wildman–Crippen MR) is 135 cm³/mol. The number of hydrogen-bond donors (Lipinski definition) is 2. The molecule has 35 heavy (non-hydrogen) atoms. The SMILES string of the molecule is CCCc1cc(=O)[nH]c(-n2nc(-c3cccs3)cc2NC(=O)c2ccc(S(=O)(=O)N(C)C)cc2)n1. The molecular weight excluding hydrogens is 488 g/mol. The van der Waals surface area contributed by atoms with Gasteiger partial charge in [-0.25, -0.2) is 17.7 Å². The average Bonchev–Trinajstić information content (AvgIpc) is 3.49. The average molecular weight is 513 g/mol. The molecule has 2 N–H and O–H groups in total. The smallest absolute Gasteiger partial charge is 0.256 e. The van der Waals surface area contributed by atoms with Gasteiger partial charge in [-0.3, -0.25) is 14.6 Å². The minimum absolute atomic E-state index is 0.0820. The number of carbonyl (C=O) groups is 1. The summed E-state index contributed by atoms with van der Waals surface area (Å²) >= 11 is 1.49. The number of carbonyl (C=O) groups excluding carboxylic acids is 1. The largest absolute Gasteiger partial charge is 0.306 e. The van der Waals surface area contributed by atoms with Crippen LogP contribution in [0.25, 0.3) is 16.5 Å². The Hall–Kier alpha value is -3.61. The normalized spacial score (nSPS) is 11.7. The Morgan fingerprint density at radius 3 is 2.54 bits per heavy atom. The summed E-state index contributed by atoms with van der Waals surface area (Å²) in [6, 6.07) is 12.6. The summed E-state index contributed by atoms with van der Waals surface area (Å²) in [6.45, 7) is 1.99. The van der Waals surface area contributed by atoms with Crippen LogP contribution in [0.15, 0.2) is 63.6 Å². The molecule has 182 valence electrons. The van der Waals surface area contributed by atoms with Gasteiger partial charge in [0.05, 0.1) is 9.77 Å². The lowest BCUT2D eigenvalue weighted by atomic mass is 10.2. The zero-order chi connectivity index (χ0) is 25.2. The molecule has 3 aromatic heterocycles. The highest BCUT2D eigenvalue weighted by molar-refractivity contribution is 7.89. The summed E-state index contributed by atoms with van der Waals surface area (Å²) < 4.78 is 27.1. The lowest BCUT2D eigenvalue weighted by Crippen LogP contribution is -2.22. The number of H-pyrrole nitrogens is 1. The monoisotopic (exact) mass is 512 g/mol. The standard InChI is InChI=1S/C23H24N6O4S2/c1-4-6-16-13-21(30)26-23(24-16)29-20(14-18(27-29)19-7-5-12-34-19)25-22(31)15-8-10-17(11-9-15)35(32,33)28(2)3/h5,7-14H,4,6H2,1-3H3,(H,25,31)(H,24,26,30). The van der Waals surface area contributed by atoms with Gasteiger partial charge in [0.1, 0.15) is 11.5 Å². The van der Waals surface area contributed by atoms with Crippen LogP contribution in [0.3, 0.4) is 0 Å². The fourth-order valence-corrected chi connectivity index (χ4v) is 4.92. The van der Waals surface area contributed by atoms with E-state index in [0.29, 0.717) is 23.6 Å². The maximum Gasteiger partial charge on any atom is 0.256 e. The molecule has 0 aliphatic rings. The van der Waals surface area contributed by atoms with Gasteiger partial charge in [-0.05, 0) is 42.1 Å². The van der Waals surface area contributed by atoms with Gasteiger partial charge < -0.3 is 5.32 Å². The summed E-state index contributed by atoms with van der Waals surface area (Å²) in [5, 5.41) is 9.29. The van der Waals surface area contributed by atoms with Crippen LogP contribution in [-0.2, 0) is 16.4 Å². The first-order chi connectivity index (χ1) is 16.7. The van der Waals surface area contributed by atoms with E-state index in [4.69, 9.17) is 0 Å². The molecule has 0 unspecified atom stereocenters. The maximum atomic E-state index is 13.0. The number of nitrogens with one attached hydrogen (secondary N) is 2. The Morgan fingerprint density at radius 1 is 1.17 bits per heavy atom. The van der Waals surface area contributed by atoms with Crippen molar-refractivity contribution in [2.45, 2.75) is 24.7 Å². The number of hydrogen-bond acceptors (Lipinski definition) is 7. The van der Waals surface area contributed by atoms with E-state index in [2.05, 4.69) is 20.4 Å². The highest BCUT2D eigenvalue weighted by Crippen LogP contribution is 2.27. The van der Waals surface area contributed by atoms with Crippen LogP contribution >= 0.6 is 11.3 Å². The van der Waals surface area contributed by atoms with Gasteiger partial charge in [0.2, 0.25) is 16.0 Å². The fraction of sp³-hybridized carbons (Fsp3) is 0.217. The highest BCUT2D eigenvalue weighted by Gasteiger charge is 2.20. The summed E-state index contributed by atoms with van der Waals surface area (Å²) in [5.74, 6) is 0.0245. The van der Waals surface area contributed by atoms with Crippen LogP contribution in [0.4, 0.5) is 5.82 Å². The highest BCUT2D eigenvalue weighted by atomic mass is 32.2. The van der Waals surface area contributed by atoms with Gasteiger partial charge in [0, 0.05) is 37.5 Å². The second-order valence-corrected chi connectivity index (χ2v) is 11.0. The van der Waals surface area contributed by atoms with Crippen molar-refractivity contribution in [1.29, 1.82) is 0 Å². The lowest BCUT2D eigenvalue weighted by molar-refractivity contribution is 0.102. The van der Waals surface area contributed by atoms with Crippen LogP contribution in [-0.4, -0.2) is 52.5 Å². The molecule has 1 amide bonds. The van der Waals surface area contributed by atoms with Gasteiger partial charge in [-0.2, -0.15) is 9.78 Å². The van der Waals surface area contributed by atoms with Crippen molar-refractivity contribution in [3.8, 4) is 16.5 Å². The molecule has 0 radical (unpaired) electrons. The van der Waals surface area contributed by atoms with Gasteiger partial charge in [-0.1, -0.05) is 19.4 Å². The Kier molecular flexibility index (Phi) is 6.96. The molecule has 1 aromatic carbocycles. The second-order valence-electron chi connectivity index (χ2n) is 7.88. The minimum atomic E-state index is -3.61. The third-order valence-electron chi connectivity index (χ3n) is 5.11. The molecule has 0 saturated carbocycles. The predicted octanol–water partition coefficient (Wildman–Crippen LogP) is 3.14. The molecule has 0 fully saturated rings. The summed E-state index contributed by atoms with van der Waals surface area (Å²) in [6.07, 6.45) is 1.44. The van der Waals surface area contributed by atoms with E-state index in [1.165, 1.54) is 60.4 Å². The van der Waals surface area contributed by atoms with Crippen molar-refractivity contribution in [2.75, 3.05) is 19.4 Å². The van der Waals surface area contributed by atoms with Gasteiger partial charge in [0.15, 0.2) is 0 Å². The Morgan fingerprint density at radius 2 is 1.91 bits per heavy atom. The number of benzene rings is 1. The van der Waals surface area contributed by atoms with E-state index in [1.54, 1.807) is 6.07 Å². The topological polar surface area (TPSA) is 130 Å². The first kappa shape index (κ1) is 24.5. The van der Waals surface area contributed by atoms with E-state index in [9.17, 15) is 18.0 Å². The van der Waals surface area contributed by atoms with E-state index < -0.39 is 15.9 Å². The Bertz CT molecular complexity index is 1500. The number of thiophene rings is 1.